The van der Waals surface area contributed by atoms with E-state index in [1.807, 2.05) is 0 Å². The maximum atomic E-state index is 6.48. The van der Waals surface area contributed by atoms with Gasteiger partial charge in [0.25, 0.3) is 0 Å². The number of halogens is 1. The highest BCUT2D eigenvalue weighted by molar-refractivity contribution is 6.31. The van der Waals surface area contributed by atoms with Gasteiger partial charge in [-0.2, -0.15) is 0 Å². The van der Waals surface area contributed by atoms with Crippen LogP contribution in [0.5, 0.6) is 0 Å². The van der Waals surface area contributed by atoms with E-state index in [-0.39, 0.29) is 0 Å². The van der Waals surface area contributed by atoms with Gasteiger partial charge in [0.1, 0.15) is 0 Å². The summed E-state index contributed by atoms with van der Waals surface area (Å²) in [6.07, 6.45) is 6.72. The van der Waals surface area contributed by atoms with Crippen molar-refractivity contribution < 1.29 is 0 Å². The highest BCUT2D eigenvalue weighted by Crippen LogP contribution is 2.37. The number of nitrogens with one attached hydrogen (secondary N) is 1. The van der Waals surface area contributed by atoms with Gasteiger partial charge in [-0.15, -0.1) is 0 Å². The van der Waals surface area contributed by atoms with Gasteiger partial charge in [0.15, 0.2) is 0 Å². The van der Waals surface area contributed by atoms with Crippen LogP contribution in [0.25, 0.3) is 0 Å². The van der Waals surface area contributed by atoms with E-state index in [1.54, 1.807) is 0 Å². The minimum absolute atomic E-state index is 0.382. The third-order valence-corrected chi connectivity index (χ3v) is 4.41. The Labute approximate surface area is 116 Å². The van der Waals surface area contributed by atoms with Gasteiger partial charge < -0.3 is 5.32 Å². The van der Waals surface area contributed by atoms with E-state index in [4.69, 9.17) is 11.6 Å². The Kier molecular flexibility index (Phi) is 5.08. The zero-order chi connectivity index (χ0) is 13.0. The average Bonchev–Trinajstić information content (AvgIpc) is 2.40. The van der Waals surface area contributed by atoms with Crippen molar-refractivity contribution in [3.63, 3.8) is 0 Å². The number of hydrogen-bond donors (Lipinski definition) is 1. The van der Waals surface area contributed by atoms with E-state index in [1.165, 1.54) is 43.2 Å². The molecule has 1 aliphatic carbocycles. The van der Waals surface area contributed by atoms with Crippen molar-refractivity contribution in [1.82, 2.24) is 5.32 Å². The zero-order valence-electron chi connectivity index (χ0n) is 11.5. The predicted molar refractivity (Wildman–Crippen MR) is 79.4 cm³/mol. The van der Waals surface area contributed by atoms with Crippen molar-refractivity contribution in [2.45, 2.75) is 57.9 Å². The molecule has 1 aromatic rings. The van der Waals surface area contributed by atoms with E-state index >= 15 is 0 Å². The molecular formula is C16H24ClN. The lowest BCUT2D eigenvalue weighted by atomic mass is 9.83. The summed E-state index contributed by atoms with van der Waals surface area (Å²) in [5.41, 5.74) is 2.66. The van der Waals surface area contributed by atoms with Crippen LogP contribution in [0.15, 0.2) is 18.2 Å². The molecule has 1 fully saturated rings. The van der Waals surface area contributed by atoms with E-state index in [9.17, 15) is 0 Å². The molecule has 0 heterocycles. The summed E-state index contributed by atoms with van der Waals surface area (Å²) < 4.78 is 0. The van der Waals surface area contributed by atoms with Gasteiger partial charge >= 0.3 is 0 Å². The van der Waals surface area contributed by atoms with Gasteiger partial charge in [0.2, 0.25) is 0 Å². The first-order valence-corrected chi connectivity index (χ1v) is 7.63. The Balaban J connectivity index is 2.13. The number of hydrogen-bond acceptors (Lipinski definition) is 1. The third-order valence-electron chi connectivity index (χ3n) is 4.08. The zero-order valence-corrected chi connectivity index (χ0v) is 12.3. The molecule has 1 unspecified atom stereocenters. The smallest absolute Gasteiger partial charge is 0.0444 e. The van der Waals surface area contributed by atoms with Crippen LogP contribution in [-0.2, 0) is 0 Å². The molecular weight excluding hydrogens is 242 g/mol. The summed E-state index contributed by atoms with van der Waals surface area (Å²) in [4.78, 5) is 0. The second-order valence-corrected chi connectivity index (χ2v) is 5.80. The number of benzene rings is 1. The van der Waals surface area contributed by atoms with Crippen LogP contribution in [0.4, 0.5) is 0 Å². The monoisotopic (exact) mass is 265 g/mol. The van der Waals surface area contributed by atoms with Gasteiger partial charge in [-0.3, -0.25) is 0 Å². The van der Waals surface area contributed by atoms with Crippen molar-refractivity contribution in [1.29, 1.82) is 0 Å². The van der Waals surface area contributed by atoms with Crippen molar-refractivity contribution in [2.24, 2.45) is 0 Å². The second-order valence-electron chi connectivity index (χ2n) is 5.40. The van der Waals surface area contributed by atoms with E-state index < -0.39 is 0 Å². The molecule has 0 aromatic heterocycles. The summed E-state index contributed by atoms with van der Waals surface area (Å²) in [5, 5.41) is 4.39. The van der Waals surface area contributed by atoms with Crippen LogP contribution in [-0.4, -0.2) is 6.54 Å². The third kappa shape index (κ3) is 3.27. The van der Waals surface area contributed by atoms with Crippen LogP contribution < -0.4 is 5.32 Å². The Morgan fingerprint density at radius 1 is 1.28 bits per heavy atom. The van der Waals surface area contributed by atoms with Crippen molar-refractivity contribution >= 4 is 11.6 Å². The fourth-order valence-electron chi connectivity index (χ4n) is 2.98. The Morgan fingerprint density at radius 2 is 2.00 bits per heavy atom. The quantitative estimate of drug-likeness (QED) is 0.803. The standard InChI is InChI=1S/C16H24ClN/c1-3-18-12(2)14-9-10-15(16(17)11-14)13-7-5-4-6-8-13/h9-13,18H,3-8H2,1-2H3. The van der Waals surface area contributed by atoms with Gasteiger partial charge in [-0.05, 0) is 49.4 Å². The molecule has 2 rings (SSSR count). The van der Waals surface area contributed by atoms with Crippen molar-refractivity contribution in [3.8, 4) is 0 Å². The molecule has 0 aliphatic heterocycles. The normalized spacial score (nSPS) is 18.8. The van der Waals surface area contributed by atoms with Gasteiger partial charge in [-0.1, -0.05) is 49.9 Å². The van der Waals surface area contributed by atoms with Gasteiger partial charge in [0, 0.05) is 11.1 Å². The summed E-state index contributed by atoms with van der Waals surface area (Å²) >= 11 is 6.48. The lowest BCUT2D eigenvalue weighted by molar-refractivity contribution is 0.443. The molecule has 1 saturated carbocycles. The predicted octanol–water partition coefficient (Wildman–Crippen LogP) is 5.06. The first-order valence-electron chi connectivity index (χ1n) is 7.25. The lowest BCUT2D eigenvalue weighted by Crippen LogP contribution is -2.17. The first kappa shape index (κ1) is 13.9. The van der Waals surface area contributed by atoms with E-state index in [0.29, 0.717) is 12.0 Å². The van der Waals surface area contributed by atoms with Crippen LogP contribution >= 0.6 is 11.6 Å². The molecule has 100 valence electrons. The second kappa shape index (κ2) is 6.58. The Bertz CT molecular complexity index is 383. The summed E-state index contributed by atoms with van der Waals surface area (Å²) in [6, 6.07) is 7.02. The molecule has 1 aliphatic rings. The molecule has 1 nitrogen and oxygen atoms in total. The maximum Gasteiger partial charge on any atom is 0.0444 e. The topological polar surface area (TPSA) is 12.0 Å². The largest absolute Gasteiger partial charge is 0.310 e. The molecule has 0 amide bonds. The summed E-state index contributed by atoms with van der Waals surface area (Å²) in [6.45, 7) is 5.31. The molecule has 0 spiro atoms. The maximum absolute atomic E-state index is 6.48. The molecule has 1 N–H and O–H groups in total. The van der Waals surface area contributed by atoms with Crippen LogP contribution in [0.1, 0.15) is 69.0 Å². The summed E-state index contributed by atoms with van der Waals surface area (Å²) in [7, 11) is 0. The molecule has 1 atom stereocenters. The lowest BCUT2D eigenvalue weighted by Gasteiger charge is -2.24. The molecule has 2 heteroatoms. The molecule has 0 bridgehead atoms. The van der Waals surface area contributed by atoms with Crippen molar-refractivity contribution in [2.75, 3.05) is 6.54 Å². The minimum Gasteiger partial charge on any atom is -0.310 e. The summed E-state index contributed by atoms with van der Waals surface area (Å²) in [5.74, 6) is 0.690. The fourth-order valence-corrected chi connectivity index (χ4v) is 3.32. The molecule has 1 aromatic carbocycles. The SMILES string of the molecule is CCNC(C)c1ccc(C2CCCCC2)c(Cl)c1. The van der Waals surface area contributed by atoms with Gasteiger partial charge in [-0.25, -0.2) is 0 Å². The van der Waals surface area contributed by atoms with E-state index in [2.05, 4.69) is 37.4 Å². The average molecular weight is 266 g/mol. The molecule has 18 heavy (non-hydrogen) atoms. The molecule has 0 saturated heterocycles. The highest BCUT2D eigenvalue weighted by atomic mass is 35.5. The van der Waals surface area contributed by atoms with Gasteiger partial charge in [0.05, 0.1) is 0 Å². The van der Waals surface area contributed by atoms with Crippen LogP contribution in [0, 0.1) is 0 Å². The Morgan fingerprint density at radius 3 is 2.61 bits per heavy atom. The number of rotatable bonds is 4. The van der Waals surface area contributed by atoms with Crippen LogP contribution in [0.2, 0.25) is 5.02 Å². The van der Waals surface area contributed by atoms with E-state index in [0.717, 1.165) is 11.6 Å². The fraction of sp³-hybridized carbons (Fsp3) is 0.625. The van der Waals surface area contributed by atoms with Crippen molar-refractivity contribution in [3.05, 3.63) is 34.3 Å². The first-order chi connectivity index (χ1) is 8.72. The minimum atomic E-state index is 0.382. The Hall–Kier alpha value is -0.530. The van der Waals surface area contributed by atoms with Crippen LogP contribution in [0.3, 0.4) is 0 Å². The molecule has 0 radical (unpaired) electrons. The highest BCUT2D eigenvalue weighted by Gasteiger charge is 2.18.